The van der Waals surface area contributed by atoms with Gasteiger partial charge in [-0.15, -0.1) is 0 Å². The van der Waals surface area contributed by atoms with Crippen LogP contribution in [0.5, 0.6) is 5.88 Å². The predicted molar refractivity (Wildman–Crippen MR) is 160 cm³/mol. The smallest absolute Gasteiger partial charge is 0.326 e. The van der Waals surface area contributed by atoms with Crippen LogP contribution in [0.3, 0.4) is 0 Å². The molecule has 3 N–H and O–H groups in total. The maximum Gasteiger partial charge on any atom is 0.326 e. The molecule has 1 aliphatic heterocycles. The fourth-order valence-electron chi connectivity index (χ4n) is 5.08. The molecule has 12 heteroatoms. The number of aliphatic carboxylic acids is 1. The van der Waals surface area contributed by atoms with Crippen molar-refractivity contribution < 1.29 is 28.6 Å². The van der Waals surface area contributed by atoms with Crippen LogP contribution in [0, 0.1) is 0 Å². The summed E-state index contributed by atoms with van der Waals surface area (Å²) in [5.74, 6) is -0.524. The molecule has 0 spiro atoms. The lowest BCUT2D eigenvalue weighted by atomic mass is 9.83. The predicted octanol–water partition coefficient (Wildman–Crippen LogP) is 4.04. The molecule has 10 nitrogen and oxygen atoms in total. The zero-order valence-corrected chi connectivity index (χ0v) is 25.7. The van der Waals surface area contributed by atoms with Crippen LogP contribution < -0.4 is 15.4 Å². The van der Waals surface area contributed by atoms with Gasteiger partial charge in [0.25, 0.3) is 0 Å². The molecule has 3 rings (SSSR count). The molecular formula is C30H43ClFN5O5. The Labute approximate surface area is 252 Å². The van der Waals surface area contributed by atoms with Crippen LogP contribution >= 0.6 is 11.6 Å². The number of methoxy groups -OCH3 is 2. The van der Waals surface area contributed by atoms with E-state index in [4.69, 9.17) is 26.1 Å². The molecule has 2 aromatic rings. The van der Waals surface area contributed by atoms with Crippen LogP contribution in [0.25, 0.3) is 0 Å². The minimum absolute atomic E-state index is 0.121. The van der Waals surface area contributed by atoms with Crippen LogP contribution in [-0.4, -0.2) is 91.1 Å². The van der Waals surface area contributed by atoms with E-state index < -0.39 is 36.1 Å². The third-order valence-corrected chi connectivity index (χ3v) is 7.98. The van der Waals surface area contributed by atoms with Crippen LogP contribution in [0.1, 0.15) is 56.4 Å². The zero-order chi connectivity index (χ0) is 30.7. The quantitative estimate of drug-likeness (QED) is 0.228. The number of fused-ring (bicyclic) bond motifs is 1. The topological polar surface area (TPSA) is 126 Å². The summed E-state index contributed by atoms with van der Waals surface area (Å²) in [6.45, 7) is 4.82. The number of hydrogen-bond donors (Lipinski definition) is 3. The van der Waals surface area contributed by atoms with Crippen molar-refractivity contribution in [2.45, 2.75) is 69.9 Å². The summed E-state index contributed by atoms with van der Waals surface area (Å²) in [4.78, 5) is 36.4. The average molecular weight is 608 g/mol. The second-order valence-electron chi connectivity index (χ2n) is 11.1. The number of nitrogens with zero attached hydrogens (tertiary/aromatic N) is 3. The van der Waals surface area contributed by atoms with Crippen molar-refractivity contribution in [1.29, 1.82) is 0 Å². The van der Waals surface area contributed by atoms with Gasteiger partial charge < -0.3 is 30.1 Å². The molecule has 1 aliphatic rings. The Balaban J connectivity index is 1.61. The summed E-state index contributed by atoms with van der Waals surface area (Å²) in [5, 5.41) is 16.2. The first-order valence-electron chi connectivity index (χ1n) is 14.4. The van der Waals surface area contributed by atoms with Crippen molar-refractivity contribution in [2.24, 2.45) is 0 Å². The van der Waals surface area contributed by atoms with E-state index >= 15 is 0 Å². The molecule has 0 aliphatic carbocycles. The van der Waals surface area contributed by atoms with E-state index in [0.717, 1.165) is 50.2 Å². The number of aromatic nitrogens is 2. The normalized spacial score (nSPS) is 14.5. The number of hydrogen-bond acceptors (Lipinski definition) is 8. The number of ether oxygens (including phenoxy) is 2. The molecule has 0 aromatic carbocycles. The molecule has 2 aromatic heterocycles. The number of unbranched alkanes of at least 4 members (excludes halogenated alkanes) is 1. The van der Waals surface area contributed by atoms with Crippen molar-refractivity contribution in [3.63, 3.8) is 0 Å². The number of carbonyl (C=O) groups is 2. The van der Waals surface area contributed by atoms with E-state index in [1.165, 1.54) is 26.0 Å². The molecule has 0 radical (unpaired) electrons. The van der Waals surface area contributed by atoms with Gasteiger partial charge >= 0.3 is 5.97 Å². The van der Waals surface area contributed by atoms with Gasteiger partial charge in [0, 0.05) is 44.2 Å². The third kappa shape index (κ3) is 8.99. The van der Waals surface area contributed by atoms with Crippen LogP contribution in [0.2, 0.25) is 5.02 Å². The van der Waals surface area contributed by atoms with Gasteiger partial charge in [-0.25, -0.2) is 19.2 Å². The van der Waals surface area contributed by atoms with E-state index in [1.54, 1.807) is 19.9 Å². The lowest BCUT2D eigenvalue weighted by molar-refractivity contribution is -0.143. The maximum atomic E-state index is 13.5. The number of carbonyl (C=O) groups excluding carboxylic acids is 1. The molecule has 42 heavy (non-hydrogen) atoms. The van der Waals surface area contributed by atoms with Crippen LogP contribution in [-0.2, 0) is 32.6 Å². The van der Waals surface area contributed by atoms with Crippen molar-refractivity contribution in [2.75, 3.05) is 52.4 Å². The highest BCUT2D eigenvalue weighted by Crippen LogP contribution is 2.36. The summed E-state index contributed by atoms with van der Waals surface area (Å²) in [6, 6.07) is 4.60. The number of pyridine rings is 2. The largest absolute Gasteiger partial charge is 0.481 e. The molecule has 232 valence electrons. The highest BCUT2D eigenvalue weighted by atomic mass is 35.5. The fourth-order valence-corrected chi connectivity index (χ4v) is 5.45. The molecule has 0 saturated carbocycles. The Morgan fingerprint density at radius 3 is 2.71 bits per heavy atom. The molecule has 0 saturated heterocycles. The Bertz CT molecular complexity index is 1200. The van der Waals surface area contributed by atoms with E-state index in [0.29, 0.717) is 30.2 Å². The lowest BCUT2D eigenvalue weighted by Gasteiger charge is -2.30. The number of anilines is 1. The van der Waals surface area contributed by atoms with Gasteiger partial charge in [-0.2, -0.15) is 0 Å². The summed E-state index contributed by atoms with van der Waals surface area (Å²) in [7, 11) is 2.88. The minimum Gasteiger partial charge on any atom is -0.481 e. The Morgan fingerprint density at radius 2 is 2.02 bits per heavy atom. The zero-order valence-electron chi connectivity index (χ0n) is 24.9. The van der Waals surface area contributed by atoms with Gasteiger partial charge in [-0.1, -0.05) is 17.7 Å². The van der Waals surface area contributed by atoms with Gasteiger partial charge in [-0.05, 0) is 76.6 Å². The van der Waals surface area contributed by atoms with E-state index in [9.17, 15) is 19.1 Å². The van der Waals surface area contributed by atoms with Gasteiger partial charge in [0.15, 0.2) is 0 Å². The molecule has 3 heterocycles. The minimum atomic E-state index is -1.22. The van der Waals surface area contributed by atoms with Gasteiger partial charge in [0.05, 0.1) is 23.7 Å². The van der Waals surface area contributed by atoms with E-state index in [1.807, 2.05) is 4.90 Å². The Hall–Kier alpha value is -3.02. The Kier molecular flexibility index (Phi) is 12.8. The van der Waals surface area contributed by atoms with Crippen LogP contribution in [0.15, 0.2) is 24.4 Å². The molecule has 1 amide bonds. The molecule has 0 unspecified atom stereocenters. The first-order valence-corrected chi connectivity index (χ1v) is 14.7. The standard InChI is InChI=1S/C30H43ClFN5O5/c1-30(2,25-23(31)12-15-34-27(25)42-4)29(40)36-24(28(38)39)13-17-37(19-22(18-32)41-3)16-6-5-9-21-11-10-20-8-7-14-33-26(20)35-21/h10-12,15,22,24H,5-9,13-14,16-19H2,1-4H3,(H,33,35)(H,36,40)(H,38,39)/t22-,24+/m1/s1. The van der Waals surface area contributed by atoms with Crippen molar-refractivity contribution in [3.05, 3.63) is 46.2 Å². The summed E-state index contributed by atoms with van der Waals surface area (Å²) in [5.41, 5.74) is 1.42. The van der Waals surface area contributed by atoms with E-state index in [-0.39, 0.29) is 12.3 Å². The third-order valence-electron chi connectivity index (χ3n) is 7.67. The summed E-state index contributed by atoms with van der Waals surface area (Å²) >= 11 is 6.37. The molecular weight excluding hydrogens is 565 g/mol. The average Bonchev–Trinajstić information content (AvgIpc) is 2.98. The Morgan fingerprint density at radius 1 is 1.24 bits per heavy atom. The highest BCUT2D eigenvalue weighted by molar-refractivity contribution is 6.32. The first-order chi connectivity index (χ1) is 20.1. The first kappa shape index (κ1) is 33.5. The van der Waals surface area contributed by atoms with Gasteiger partial charge in [0.2, 0.25) is 11.8 Å². The van der Waals surface area contributed by atoms with Crippen molar-refractivity contribution in [1.82, 2.24) is 20.2 Å². The number of aryl methyl sites for hydroxylation is 2. The summed E-state index contributed by atoms with van der Waals surface area (Å²) in [6.07, 6.45) is 5.61. The molecule has 0 fully saturated rings. The fraction of sp³-hybridized carbons (Fsp3) is 0.600. The SMILES string of the molecule is COc1nccc(Cl)c1C(C)(C)C(=O)N[C@@H](CCN(CCCCc1ccc2c(n1)NCCC2)C[C@@H](CF)OC)C(=O)O. The second kappa shape index (κ2) is 16.0. The van der Waals surface area contributed by atoms with Crippen molar-refractivity contribution in [3.8, 4) is 5.88 Å². The second-order valence-corrected chi connectivity index (χ2v) is 11.5. The molecule has 0 bridgehead atoms. The highest BCUT2D eigenvalue weighted by Gasteiger charge is 2.37. The molecule has 2 atom stereocenters. The van der Waals surface area contributed by atoms with Gasteiger partial charge in [-0.3, -0.25) is 4.79 Å². The lowest BCUT2D eigenvalue weighted by Crippen LogP contribution is -2.50. The number of rotatable bonds is 17. The van der Waals surface area contributed by atoms with Crippen LogP contribution in [0.4, 0.5) is 10.2 Å². The number of nitrogens with one attached hydrogen (secondary N) is 2. The maximum absolute atomic E-state index is 13.5. The number of carboxylic acid groups (broad SMARTS) is 1. The van der Waals surface area contributed by atoms with E-state index in [2.05, 4.69) is 27.8 Å². The monoisotopic (exact) mass is 607 g/mol. The van der Waals surface area contributed by atoms with Gasteiger partial charge in [0.1, 0.15) is 18.5 Å². The number of carboxylic acids is 1. The summed E-state index contributed by atoms with van der Waals surface area (Å²) < 4.78 is 24.1. The number of alkyl halides is 1. The number of amides is 1. The van der Waals surface area contributed by atoms with Crippen molar-refractivity contribution >= 4 is 29.3 Å². The number of halogens is 2.